The Kier molecular flexibility index (Phi) is 3.75. The molecule has 0 saturated heterocycles. The minimum absolute atomic E-state index is 0.0236. The van der Waals surface area contributed by atoms with Gasteiger partial charge in [-0.15, -0.1) is 0 Å². The molecular formula is C14H12F2N2O. The number of nitrogen functional groups attached to an aromatic ring is 1. The van der Waals surface area contributed by atoms with Gasteiger partial charge in [0.2, 0.25) is 5.91 Å². The maximum absolute atomic E-state index is 13.5. The van der Waals surface area contributed by atoms with E-state index in [0.717, 1.165) is 6.07 Å². The molecule has 0 unspecified atom stereocenters. The predicted octanol–water partition coefficient (Wildman–Crippen LogP) is 2.73. The third kappa shape index (κ3) is 3.28. The Labute approximate surface area is 109 Å². The molecule has 0 aromatic heterocycles. The highest BCUT2D eigenvalue weighted by molar-refractivity contribution is 5.92. The fourth-order valence-electron chi connectivity index (χ4n) is 1.64. The molecule has 3 nitrogen and oxygen atoms in total. The van der Waals surface area contributed by atoms with Crippen LogP contribution >= 0.6 is 0 Å². The lowest BCUT2D eigenvalue weighted by atomic mass is 10.1. The second-order valence-electron chi connectivity index (χ2n) is 4.06. The van der Waals surface area contributed by atoms with Gasteiger partial charge in [0, 0.05) is 5.69 Å². The molecular weight excluding hydrogens is 250 g/mol. The van der Waals surface area contributed by atoms with Crippen LogP contribution in [0.25, 0.3) is 0 Å². The summed E-state index contributed by atoms with van der Waals surface area (Å²) < 4.78 is 26.8. The van der Waals surface area contributed by atoms with Gasteiger partial charge in [0.1, 0.15) is 11.6 Å². The summed E-state index contributed by atoms with van der Waals surface area (Å²) in [7, 11) is 0. The molecule has 0 heterocycles. The maximum atomic E-state index is 13.5. The highest BCUT2D eigenvalue weighted by Crippen LogP contribution is 2.17. The maximum Gasteiger partial charge on any atom is 0.228 e. The van der Waals surface area contributed by atoms with E-state index < -0.39 is 17.5 Å². The van der Waals surface area contributed by atoms with Gasteiger partial charge in [-0.1, -0.05) is 18.2 Å². The molecule has 3 N–H and O–H groups in total. The van der Waals surface area contributed by atoms with E-state index in [1.54, 1.807) is 6.07 Å². The average molecular weight is 262 g/mol. The molecule has 5 heteroatoms. The number of hydrogen-bond acceptors (Lipinski definition) is 2. The summed E-state index contributed by atoms with van der Waals surface area (Å²) in [6, 6.07) is 9.90. The lowest BCUT2D eigenvalue weighted by molar-refractivity contribution is -0.115. The summed E-state index contributed by atoms with van der Waals surface area (Å²) in [5, 5.41) is 2.38. The second-order valence-corrected chi connectivity index (χ2v) is 4.06. The molecule has 0 aliphatic rings. The zero-order valence-electron chi connectivity index (χ0n) is 9.99. The van der Waals surface area contributed by atoms with Gasteiger partial charge in [0.05, 0.1) is 12.1 Å². The summed E-state index contributed by atoms with van der Waals surface area (Å²) in [4.78, 5) is 11.7. The molecule has 0 aliphatic carbocycles. The number of carbonyl (C=O) groups is 1. The average Bonchev–Trinajstić information content (AvgIpc) is 2.36. The van der Waals surface area contributed by atoms with Gasteiger partial charge in [0.15, 0.2) is 0 Å². The predicted molar refractivity (Wildman–Crippen MR) is 69.5 cm³/mol. The third-order valence-corrected chi connectivity index (χ3v) is 2.58. The van der Waals surface area contributed by atoms with Gasteiger partial charge in [-0.05, 0) is 29.8 Å². The first-order valence-corrected chi connectivity index (χ1v) is 5.64. The number of benzene rings is 2. The highest BCUT2D eigenvalue weighted by Gasteiger charge is 2.10. The Hall–Kier alpha value is -2.43. The molecule has 98 valence electrons. The van der Waals surface area contributed by atoms with Crippen molar-refractivity contribution in [3.8, 4) is 0 Å². The Bertz CT molecular complexity index is 614. The zero-order valence-corrected chi connectivity index (χ0v) is 9.99. The van der Waals surface area contributed by atoms with Crippen molar-refractivity contribution in [2.24, 2.45) is 0 Å². The van der Waals surface area contributed by atoms with E-state index >= 15 is 0 Å². The second kappa shape index (κ2) is 5.48. The van der Waals surface area contributed by atoms with E-state index in [1.807, 2.05) is 0 Å². The fraction of sp³-hybridized carbons (Fsp3) is 0.0714. The van der Waals surface area contributed by atoms with Crippen molar-refractivity contribution in [2.45, 2.75) is 6.42 Å². The van der Waals surface area contributed by atoms with Crippen LogP contribution in [0.4, 0.5) is 20.2 Å². The van der Waals surface area contributed by atoms with Crippen LogP contribution in [0, 0.1) is 11.6 Å². The van der Waals surface area contributed by atoms with Crippen molar-refractivity contribution >= 4 is 17.3 Å². The van der Waals surface area contributed by atoms with Crippen molar-refractivity contribution in [3.05, 3.63) is 59.7 Å². The van der Waals surface area contributed by atoms with Gasteiger partial charge in [-0.25, -0.2) is 8.78 Å². The fourth-order valence-corrected chi connectivity index (χ4v) is 1.64. The monoisotopic (exact) mass is 262 g/mol. The van der Waals surface area contributed by atoms with Crippen LogP contribution < -0.4 is 11.1 Å². The summed E-state index contributed by atoms with van der Waals surface area (Å²) in [5.41, 5.74) is 5.95. The normalized spacial score (nSPS) is 10.2. The smallest absolute Gasteiger partial charge is 0.228 e. The Balaban J connectivity index is 2.08. The van der Waals surface area contributed by atoms with Crippen molar-refractivity contribution in [1.29, 1.82) is 0 Å². The summed E-state index contributed by atoms with van der Waals surface area (Å²) in [5.74, 6) is -1.58. The van der Waals surface area contributed by atoms with E-state index in [9.17, 15) is 13.6 Å². The van der Waals surface area contributed by atoms with Gasteiger partial charge >= 0.3 is 0 Å². The molecule has 0 radical (unpaired) electrons. The topological polar surface area (TPSA) is 55.1 Å². The van der Waals surface area contributed by atoms with Crippen LogP contribution in [-0.4, -0.2) is 5.91 Å². The number of anilines is 2. The summed E-state index contributed by atoms with van der Waals surface area (Å²) in [6.07, 6.45) is -0.156. The van der Waals surface area contributed by atoms with Crippen molar-refractivity contribution < 1.29 is 13.6 Å². The minimum atomic E-state index is -0.623. The van der Waals surface area contributed by atoms with E-state index in [4.69, 9.17) is 5.73 Å². The van der Waals surface area contributed by atoms with Crippen molar-refractivity contribution in [1.82, 2.24) is 0 Å². The Morgan fingerprint density at radius 1 is 1.11 bits per heavy atom. The lowest BCUT2D eigenvalue weighted by Gasteiger charge is -2.07. The molecule has 0 bridgehead atoms. The molecule has 1 amide bonds. The van der Waals surface area contributed by atoms with E-state index in [0.29, 0.717) is 0 Å². The number of rotatable bonds is 3. The lowest BCUT2D eigenvalue weighted by Crippen LogP contribution is -2.16. The molecule has 2 aromatic carbocycles. The number of halogens is 2. The van der Waals surface area contributed by atoms with E-state index in [-0.39, 0.29) is 23.4 Å². The Morgan fingerprint density at radius 3 is 2.53 bits per heavy atom. The summed E-state index contributed by atoms with van der Waals surface area (Å²) >= 11 is 0. The molecule has 0 saturated carbocycles. The van der Waals surface area contributed by atoms with Crippen LogP contribution in [0.5, 0.6) is 0 Å². The molecule has 0 fully saturated rings. The molecule has 19 heavy (non-hydrogen) atoms. The highest BCUT2D eigenvalue weighted by atomic mass is 19.1. The third-order valence-electron chi connectivity index (χ3n) is 2.58. The number of nitrogens with one attached hydrogen (secondary N) is 1. The molecule has 0 aliphatic heterocycles. The van der Waals surface area contributed by atoms with Gasteiger partial charge in [0.25, 0.3) is 0 Å². The van der Waals surface area contributed by atoms with E-state index in [2.05, 4.69) is 5.32 Å². The number of amides is 1. The van der Waals surface area contributed by atoms with Gasteiger partial charge in [-0.3, -0.25) is 4.79 Å². The first-order valence-electron chi connectivity index (χ1n) is 5.64. The summed E-state index contributed by atoms with van der Waals surface area (Å²) in [6.45, 7) is 0. The molecule has 2 rings (SSSR count). The van der Waals surface area contributed by atoms with Crippen LogP contribution in [0.3, 0.4) is 0 Å². The van der Waals surface area contributed by atoms with E-state index in [1.165, 1.54) is 30.3 Å². The molecule has 2 aromatic rings. The minimum Gasteiger partial charge on any atom is -0.399 e. The van der Waals surface area contributed by atoms with Crippen LogP contribution in [-0.2, 0) is 11.2 Å². The zero-order chi connectivity index (χ0) is 13.8. The first-order chi connectivity index (χ1) is 9.06. The van der Waals surface area contributed by atoms with Gasteiger partial charge in [-0.2, -0.15) is 0 Å². The molecule has 0 atom stereocenters. The number of nitrogens with two attached hydrogens (primary N) is 1. The molecule has 0 spiro atoms. The number of hydrogen-bond donors (Lipinski definition) is 2. The standard InChI is InChI=1S/C14H12F2N2O/c15-11-4-2-1-3-9(11)7-14(19)18-13-6-5-10(17)8-12(13)16/h1-6,8H,7,17H2,(H,18,19). The van der Waals surface area contributed by atoms with Crippen molar-refractivity contribution in [2.75, 3.05) is 11.1 Å². The van der Waals surface area contributed by atoms with Gasteiger partial charge < -0.3 is 11.1 Å². The number of carbonyl (C=O) groups excluding carboxylic acids is 1. The van der Waals surface area contributed by atoms with Crippen LogP contribution in [0.15, 0.2) is 42.5 Å². The SMILES string of the molecule is Nc1ccc(NC(=O)Cc2ccccc2F)c(F)c1. The van der Waals surface area contributed by atoms with Crippen LogP contribution in [0.1, 0.15) is 5.56 Å². The first kappa shape index (κ1) is 13.0. The largest absolute Gasteiger partial charge is 0.399 e. The Morgan fingerprint density at radius 2 is 1.84 bits per heavy atom. The quantitative estimate of drug-likeness (QED) is 0.836. The van der Waals surface area contributed by atoms with Crippen LogP contribution in [0.2, 0.25) is 0 Å². The van der Waals surface area contributed by atoms with Crippen molar-refractivity contribution in [3.63, 3.8) is 0 Å².